The predicted molar refractivity (Wildman–Crippen MR) is 126 cm³/mol. The number of imide groups is 1. The van der Waals surface area contributed by atoms with E-state index in [1.165, 1.54) is 29.2 Å². The number of rotatable bonds is 6. The Kier molecular flexibility index (Phi) is 5.31. The van der Waals surface area contributed by atoms with E-state index in [9.17, 15) is 24.5 Å². The summed E-state index contributed by atoms with van der Waals surface area (Å²) in [5, 5.41) is 11.1. The van der Waals surface area contributed by atoms with Crippen LogP contribution in [0.5, 0.6) is 0 Å². The Labute approximate surface area is 197 Å². The van der Waals surface area contributed by atoms with Crippen LogP contribution in [0.3, 0.4) is 0 Å². The number of benzene rings is 2. The predicted octanol–water partition coefficient (Wildman–Crippen LogP) is 3.85. The van der Waals surface area contributed by atoms with Crippen molar-refractivity contribution in [1.29, 1.82) is 0 Å². The highest BCUT2D eigenvalue weighted by Crippen LogP contribution is 2.50. The van der Waals surface area contributed by atoms with Gasteiger partial charge in [-0.2, -0.15) is 0 Å². The van der Waals surface area contributed by atoms with Gasteiger partial charge in [-0.05, 0) is 37.1 Å². The van der Waals surface area contributed by atoms with E-state index in [2.05, 4.69) is 0 Å². The van der Waals surface area contributed by atoms with E-state index in [4.69, 9.17) is 0 Å². The lowest BCUT2D eigenvalue weighted by molar-refractivity contribution is -0.384. The van der Waals surface area contributed by atoms with Crippen LogP contribution in [0.4, 0.5) is 11.4 Å². The minimum absolute atomic E-state index is 0.113. The Morgan fingerprint density at radius 2 is 1.71 bits per heavy atom. The molecule has 0 spiro atoms. The van der Waals surface area contributed by atoms with Gasteiger partial charge >= 0.3 is 0 Å². The number of carbonyl (C=O) groups is 3. The Bertz CT molecular complexity index is 1240. The van der Waals surface area contributed by atoms with Crippen molar-refractivity contribution in [2.24, 2.45) is 11.8 Å². The van der Waals surface area contributed by atoms with Crippen LogP contribution in [0.2, 0.25) is 0 Å². The van der Waals surface area contributed by atoms with Gasteiger partial charge in [-0.3, -0.25) is 29.4 Å². The van der Waals surface area contributed by atoms with Crippen LogP contribution >= 0.6 is 0 Å². The topological polar surface area (TPSA) is 101 Å². The van der Waals surface area contributed by atoms with Crippen LogP contribution in [0, 0.1) is 22.0 Å². The third-order valence-corrected chi connectivity index (χ3v) is 7.21. The summed E-state index contributed by atoms with van der Waals surface area (Å²) in [5.41, 5.74) is 2.96. The number of likely N-dealkylation sites (tertiary alicyclic amines) is 1. The van der Waals surface area contributed by atoms with Crippen molar-refractivity contribution < 1.29 is 19.3 Å². The molecule has 3 aliphatic heterocycles. The molecule has 2 aromatic rings. The summed E-state index contributed by atoms with van der Waals surface area (Å²) >= 11 is 0. The van der Waals surface area contributed by atoms with Crippen LogP contribution in [-0.4, -0.2) is 46.0 Å². The molecular weight excluding hydrogens is 434 g/mol. The number of para-hydroxylation sites is 1. The molecule has 34 heavy (non-hydrogen) atoms. The van der Waals surface area contributed by atoms with E-state index < -0.39 is 28.8 Å². The molecule has 5 rings (SSSR count). The number of hydrogen-bond donors (Lipinski definition) is 0. The lowest BCUT2D eigenvalue weighted by Gasteiger charge is -2.38. The molecule has 2 fully saturated rings. The number of nitrogens with zero attached hydrogens (tertiary/aromatic N) is 3. The summed E-state index contributed by atoms with van der Waals surface area (Å²) in [6.07, 6.45) is 3.56. The Balaban J connectivity index is 1.62. The van der Waals surface area contributed by atoms with Crippen LogP contribution in [-0.2, 0) is 9.59 Å². The number of anilines is 1. The summed E-state index contributed by atoms with van der Waals surface area (Å²) in [6, 6.07) is 11.8. The minimum Gasteiger partial charge on any atom is -0.352 e. The van der Waals surface area contributed by atoms with Crippen molar-refractivity contribution >= 4 is 34.5 Å². The number of carbonyl (C=O) groups excluding carboxylic acids is 3. The molecule has 3 aliphatic rings. The fraction of sp³-hybridized carbons (Fsp3) is 0.346. The van der Waals surface area contributed by atoms with Gasteiger partial charge in [0.1, 0.15) is 6.04 Å². The number of fused-ring (bicyclic) bond motifs is 5. The maximum absolute atomic E-state index is 13.9. The van der Waals surface area contributed by atoms with E-state index in [1.54, 1.807) is 0 Å². The number of amides is 2. The average molecular weight is 460 g/mol. The molecule has 2 saturated heterocycles. The van der Waals surface area contributed by atoms with Crippen molar-refractivity contribution in [3.8, 4) is 0 Å². The summed E-state index contributed by atoms with van der Waals surface area (Å²) in [7, 11) is 0. The quantitative estimate of drug-likeness (QED) is 0.281. The van der Waals surface area contributed by atoms with E-state index >= 15 is 0 Å². The molecule has 8 heteroatoms. The Morgan fingerprint density at radius 1 is 1.03 bits per heavy atom. The summed E-state index contributed by atoms with van der Waals surface area (Å²) in [5.74, 6) is -2.27. The first-order valence-corrected chi connectivity index (χ1v) is 11.5. The maximum atomic E-state index is 13.9. The van der Waals surface area contributed by atoms with Crippen molar-refractivity contribution in [3.05, 3.63) is 75.8 Å². The number of ketones is 1. The zero-order chi connectivity index (χ0) is 24.1. The molecule has 0 unspecified atom stereocenters. The molecule has 2 aromatic carbocycles. The van der Waals surface area contributed by atoms with Gasteiger partial charge in [0.05, 0.1) is 22.8 Å². The van der Waals surface area contributed by atoms with Gasteiger partial charge in [-0.1, -0.05) is 37.6 Å². The Morgan fingerprint density at radius 3 is 2.38 bits per heavy atom. The molecule has 174 valence electrons. The number of Topliss-reactive ketones (excluding diaryl/α,β-unsaturated/α-hetero) is 1. The summed E-state index contributed by atoms with van der Waals surface area (Å²) < 4.78 is 0. The smallest absolute Gasteiger partial charge is 0.269 e. The van der Waals surface area contributed by atoms with Gasteiger partial charge in [-0.15, -0.1) is 0 Å². The van der Waals surface area contributed by atoms with Crippen LogP contribution in [0.25, 0.3) is 5.57 Å². The SMILES string of the molecule is CCCCN1C(=O)[C@@H]2[C@@H](C1=O)[C@@H]1C=C(C)c3ccccc3N1[C@@H]2C(=O)c1ccc([N+](=O)[O-])cc1. The lowest BCUT2D eigenvalue weighted by atomic mass is 9.85. The largest absolute Gasteiger partial charge is 0.352 e. The first kappa shape index (κ1) is 22.0. The first-order chi connectivity index (χ1) is 16.3. The fourth-order valence-corrected chi connectivity index (χ4v) is 5.61. The number of non-ortho nitro benzene ring substituents is 1. The van der Waals surface area contributed by atoms with Crippen molar-refractivity contribution in [2.75, 3.05) is 11.4 Å². The van der Waals surface area contributed by atoms with Crippen LogP contribution in [0.15, 0.2) is 54.6 Å². The molecule has 2 amide bonds. The summed E-state index contributed by atoms with van der Waals surface area (Å²) in [6.45, 7) is 4.33. The lowest BCUT2D eigenvalue weighted by Crippen LogP contribution is -2.49. The Hall–Kier alpha value is -3.81. The highest BCUT2D eigenvalue weighted by Gasteiger charge is 2.64. The molecular formula is C26H25N3O5. The van der Waals surface area contributed by atoms with E-state index in [-0.39, 0.29) is 28.8 Å². The molecule has 0 N–H and O–H groups in total. The van der Waals surface area contributed by atoms with E-state index in [0.29, 0.717) is 13.0 Å². The van der Waals surface area contributed by atoms with Crippen molar-refractivity contribution in [2.45, 2.75) is 38.8 Å². The molecule has 4 atom stereocenters. The molecule has 8 nitrogen and oxygen atoms in total. The number of unbranched alkanes of at least 4 members (excludes halogenated alkanes) is 1. The number of allylic oxidation sites excluding steroid dienone is 1. The normalized spacial score (nSPS) is 25.1. The van der Waals surface area contributed by atoms with E-state index in [1.807, 2.05) is 49.1 Å². The molecule has 0 saturated carbocycles. The first-order valence-electron chi connectivity index (χ1n) is 11.5. The standard InChI is InChI=1S/C26H25N3O5/c1-3-4-13-27-25(31)21-20-14-15(2)18-7-5-6-8-19(18)28(20)23(22(21)26(27)32)24(30)16-9-11-17(12-10-16)29(33)34/h5-12,14,20-23H,3-4,13H2,1-2H3/t20-,21-,22+,23-/m0/s1. The number of nitro groups is 1. The van der Waals surface area contributed by atoms with E-state index in [0.717, 1.165) is 23.2 Å². The van der Waals surface area contributed by atoms with Gasteiger partial charge < -0.3 is 4.90 Å². The van der Waals surface area contributed by atoms with Gasteiger partial charge in [0.15, 0.2) is 5.78 Å². The highest BCUT2D eigenvalue weighted by atomic mass is 16.6. The molecule has 0 aliphatic carbocycles. The van der Waals surface area contributed by atoms with Crippen LogP contribution < -0.4 is 4.90 Å². The minimum atomic E-state index is -0.870. The maximum Gasteiger partial charge on any atom is 0.269 e. The highest BCUT2D eigenvalue weighted by molar-refractivity contribution is 6.14. The van der Waals surface area contributed by atoms with Gasteiger partial charge in [0.2, 0.25) is 11.8 Å². The second kappa shape index (κ2) is 8.20. The zero-order valence-corrected chi connectivity index (χ0v) is 19.0. The van der Waals surface area contributed by atoms with Crippen LogP contribution in [0.1, 0.15) is 42.6 Å². The third kappa shape index (κ3) is 3.16. The second-order valence-corrected chi connectivity index (χ2v) is 9.11. The third-order valence-electron chi connectivity index (χ3n) is 7.21. The van der Waals surface area contributed by atoms with Crippen molar-refractivity contribution in [3.63, 3.8) is 0 Å². The van der Waals surface area contributed by atoms with Gasteiger partial charge in [0, 0.05) is 35.5 Å². The van der Waals surface area contributed by atoms with Gasteiger partial charge in [0.25, 0.3) is 5.69 Å². The molecule has 0 aromatic heterocycles. The van der Waals surface area contributed by atoms with Crippen molar-refractivity contribution in [1.82, 2.24) is 4.90 Å². The molecule has 3 heterocycles. The molecule has 0 radical (unpaired) electrons. The second-order valence-electron chi connectivity index (χ2n) is 9.11. The monoisotopic (exact) mass is 459 g/mol. The average Bonchev–Trinajstić information content (AvgIpc) is 3.30. The number of nitro benzene ring substituents is 1. The molecule has 0 bridgehead atoms. The fourth-order valence-electron chi connectivity index (χ4n) is 5.61. The van der Waals surface area contributed by atoms with Gasteiger partial charge in [-0.25, -0.2) is 0 Å². The summed E-state index contributed by atoms with van der Waals surface area (Å²) in [4.78, 5) is 54.7. The number of hydrogen-bond acceptors (Lipinski definition) is 6. The zero-order valence-electron chi connectivity index (χ0n) is 19.0.